The minimum absolute atomic E-state index is 0.206. The first-order valence-electron chi connectivity index (χ1n) is 8.13. The van der Waals surface area contributed by atoms with E-state index in [1.165, 1.54) is 18.2 Å². The number of carbonyl (C=O) groups excluding carboxylic acids is 1. The molecule has 0 saturated carbocycles. The fourth-order valence-electron chi connectivity index (χ4n) is 2.74. The van der Waals surface area contributed by atoms with E-state index in [9.17, 15) is 19.1 Å². The van der Waals surface area contributed by atoms with E-state index in [0.29, 0.717) is 22.0 Å². The number of rotatable bonds is 5. The smallest absolute Gasteiger partial charge is 0.327 e. The second kappa shape index (κ2) is 7.66. The van der Waals surface area contributed by atoms with Gasteiger partial charge in [0, 0.05) is 11.6 Å². The summed E-state index contributed by atoms with van der Waals surface area (Å²) in [5, 5.41) is 9.44. The van der Waals surface area contributed by atoms with Crippen LogP contribution in [0.5, 0.6) is 0 Å². The van der Waals surface area contributed by atoms with Crippen LogP contribution >= 0.6 is 24.0 Å². The number of carboxylic acid groups (broad SMARTS) is 1. The van der Waals surface area contributed by atoms with Crippen molar-refractivity contribution in [3.63, 3.8) is 0 Å². The third-order valence-corrected chi connectivity index (χ3v) is 5.35. The molecule has 0 aliphatic carbocycles. The molecule has 0 radical (unpaired) electrons. The van der Waals surface area contributed by atoms with E-state index in [-0.39, 0.29) is 16.1 Å². The molecule has 5 nitrogen and oxygen atoms in total. The number of furan rings is 1. The van der Waals surface area contributed by atoms with E-state index in [1.807, 2.05) is 0 Å². The first-order valence-corrected chi connectivity index (χ1v) is 9.36. The van der Waals surface area contributed by atoms with Crippen molar-refractivity contribution in [2.45, 2.75) is 19.9 Å². The Bertz CT molecular complexity index is 933. The van der Waals surface area contributed by atoms with E-state index in [4.69, 9.17) is 16.6 Å². The number of nitrogens with zero attached hydrogens (tertiary/aromatic N) is 1. The number of amides is 1. The Morgan fingerprint density at radius 2 is 1.93 bits per heavy atom. The number of carboxylic acids is 1. The zero-order valence-electron chi connectivity index (χ0n) is 14.5. The van der Waals surface area contributed by atoms with Gasteiger partial charge in [0.15, 0.2) is 0 Å². The summed E-state index contributed by atoms with van der Waals surface area (Å²) >= 11 is 6.26. The van der Waals surface area contributed by atoms with Crippen LogP contribution in [-0.2, 0) is 9.59 Å². The molecule has 140 valence electrons. The van der Waals surface area contributed by atoms with Gasteiger partial charge in [-0.2, -0.15) is 0 Å². The molecule has 0 unspecified atom stereocenters. The van der Waals surface area contributed by atoms with Crippen LogP contribution in [0.15, 0.2) is 45.7 Å². The van der Waals surface area contributed by atoms with Gasteiger partial charge < -0.3 is 9.52 Å². The Morgan fingerprint density at radius 3 is 2.52 bits per heavy atom. The summed E-state index contributed by atoms with van der Waals surface area (Å²) in [5.41, 5.74) is 0.703. The standard InChI is InChI=1S/C19H16FNO4S2/c1-10(2)16(18(23)24)21-17(22)15(27-19(21)26)9-13-7-8-14(25-13)11-3-5-12(20)6-4-11/h3-10,16H,1-2H3,(H,23,24)/b15-9-/t16-/m1/s1. The Hall–Kier alpha value is -2.45. The number of hydrogen-bond acceptors (Lipinski definition) is 5. The fourth-order valence-corrected chi connectivity index (χ4v) is 4.05. The molecule has 1 N–H and O–H groups in total. The van der Waals surface area contributed by atoms with Crippen molar-refractivity contribution in [1.29, 1.82) is 0 Å². The second-order valence-corrected chi connectivity index (χ2v) is 7.96. The topological polar surface area (TPSA) is 70.8 Å². The maximum absolute atomic E-state index is 13.0. The second-order valence-electron chi connectivity index (χ2n) is 6.29. The number of hydrogen-bond donors (Lipinski definition) is 1. The zero-order valence-corrected chi connectivity index (χ0v) is 16.1. The van der Waals surface area contributed by atoms with Gasteiger partial charge in [0.05, 0.1) is 4.91 Å². The fraction of sp³-hybridized carbons (Fsp3) is 0.211. The third kappa shape index (κ3) is 3.96. The van der Waals surface area contributed by atoms with Gasteiger partial charge in [0.2, 0.25) is 0 Å². The molecule has 2 heterocycles. The molecule has 1 amide bonds. The summed E-state index contributed by atoms with van der Waals surface area (Å²) in [6.45, 7) is 3.45. The monoisotopic (exact) mass is 405 g/mol. The van der Waals surface area contributed by atoms with Crippen molar-refractivity contribution >= 4 is 46.3 Å². The summed E-state index contributed by atoms with van der Waals surface area (Å²) in [7, 11) is 0. The molecule has 8 heteroatoms. The first kappa shape index (κ1) is 19.3. The predicted octanol–water partition coefficient (Wildman–Crippen LogP) is 4.40. The summed E-state index contributed by atoms with van der Waals surface area (Å²) in [6.07, 6.45) is 1.53. The van der Waals surface area contributed by atoms with Gasteiger partial charge in [0.25, 0.3) is 5.91 Å². The van der Waals surface area contributed by atoms with E-state index in [0.717, 1.165) is 16.7 Å². The lowest BCUT2D eigenvalue weighted by Gasteiger charge is -2.26. The third-order valence-electron chi connectivity index (χ3n) is 4.02. The molecular weight excluding hydrogens is 389 g/mol. The Labute approximate surface area is 164 Å². The van der Waals surface area contributed by atoms with Gasteiger partial charge in [-0.15, -0.1) is 0 Å². The van der Waals surface area contributed by atoms with Crippen LogP contribution in [0.3, 0.4) is 0 Å². The van der Waals surface area contributed by atoms with Crippen LogP contribution in [0.1, 0.15) is 19.6 Å². The van der Waals surface area contributed by atoms with Crippen LogP contribution in [0.25, 0.3) is 17.4 Å². The minimum Gasteiger partial charge on any atom is -0.480 e. The number of benzene rings is 1. The Morgan fingerprint density at radius 1 is 1.26 bits per heavy atom. The van der Waals surface area contributed by atoms with E-state index >= 15 is 0 Å². The molecule has 1 aliphatic heterocycles. The lowest BCUT2D eigenvalue weighted by atomic mass is 10.0. The van der Waals surface area contributed by atoms with Crippen LogP contribution in [0.4, 0.5) is 4.39 Å². The molecule has 1 aliphatic rings. The molecule has 1 saturated heterocycles. The van der Waals surface area contributed by atoms with Crippen molar-refractivity contribution in [2.24, 2.45) is 5.92 Å². The number of thioether (sulfide) groups is 1. The van der Waals surface area contributed by atoms with Gasteiger partial charge in [-0.25, -0.2) is 9.18 Å². The maximum atomic E-state index is 13.0. The summed E-state index contributed by atoms with van der Waals surface area (Å²) in [6, 6.07) is 8.24. The zero-order chi connectivity index (χ0) is 19.7. The molecular formula is C19H16FNO4S2. The molecule has 27 heavy (non-hydrogen) atoms. The van der Waals surface area contributed by atoms with Gasteiger partial charge in [-0.05, 0) is 42.3 Å². The summed E-state index contributed by atoms with van der Waals surface area (Å²) in [5.74, 6) is -1.23. The lowest BCUT2D eigenvalue weighted by molar-refractivity contribution is -0.146. The number of halogens is 1. The van der Waals surface area contributed by atoms with Crippen molar-refractivity contribution in [3.8, 4) is 11.3 Å². The van der Waals surface area contributed by atoms with Gasteiger partial charge >= 0.3 is 5.97 Å². The number of thiocarbonyl (C=S) groups is 1. The van der Waals surface area contributed by atoms with Crippen LogP contribution in [0, 0.1) is 11.7 Å². The Kier molecular flexibility index (Phi) is 5.48. The number of carbonyl (C=O) groups is 2. The van der Waals surface area contributed by atoms with Crippen molar-refractivity contribution in [3.05, 3.63) is 52.9 Å². The van der Waals surface area contributed by atoms with E-state index < -0.39 is 17.9 Å². The summed E-state index contributed by atoms with van der Waals surface area (Å²) < 4.78 is 18.9. The molecule has 1 atom stereocenters. The largest absolute Gasteiger partial charge is 0.480 e. The first-order chi connectivity index (χ1) is 12.8. The van der Waals surface area contributed by atoms with Crippen LogP contribution < -0.4 is 0 Å². The van der Waals surface area contributed by atoms with Gasteiger partial charge in [-0.3, -0.25) is 9.69 Å². The predicted molar refractivity (Wildman–Crippen MR) is 105 cm³/mol. The summed E-state index contributed by atoms with van der Waals surface area (Å²) in [4.78, 5) is 25.7. The molecule has 1 aromatic heterocycles. The SMILES string of the molecule is CC(C)[C@H](C(=O)O)N1C(=O)/C(=C/c2ccc(-c3ccc(F)cc3)o2)SC1=S. The highest BCUT2D eigenvalue weighted by Crippen LogP contribution is 2.36. The lowest BCUT2D eigenvalue weighted by Crippen LogP contribution is -2.47. The average molecular weight is 405 g/mol. The highest BCUT2D eigenvalue weighted by atomic mass is 32.2. The highest BCUT2D eigenvalue weighted by Gasteiger charge is 2.42. The van der Waals surface area contributed by atoms with E-state index in [2.05, 4.69) is 0 Å². The molecule has 0 bridgehead atoms. The quantitative estimate of drug-likeness (QED) is 0.587. The average Bonchev–Trinajstić information content (AvgIpc) is 3.16. The van der Waals surface area contributed by atoms with Crippen LogP contribution in [0.2, 0.25) is 0 Å². The molecule has 1 fully saturated rings. The minimum atomic E-state index is -1.10. The van der Waals surface area contributed by atoms with Crippen LogP contribution in [-0.4, -0.2) is 32.2 Å². The highest BCUT2D eigenvalue weighted by molar-refractivity contribution is 8.26. The van der Waals surface area contributed by atoms with Gasteiger partial charge in [-0.1, -0.05) is 37.8 Å². The molecule has 1 aromatic carbocycles. The Balaban J connectivity index is 1.86. The molecule has 0 spiro atoms. The molecule has 2 aromatic rings. The van der Waals surface area contributed by atoms with Crippen molar-refractivity contribution in [2.75, 3.05) is 0 Å². The number of aliphatic carboxylic acids is 1. The van der Waals surface area contributed by atoms with E-state index in [1.54, 1.807) is 38.1 Å². The molecule has 3 rings (SSSR count). The maximum Gasteiger partial charge on any atom is 0.327 e. The van der Waals surface area contributed by atoms with Crippen molar-refractivity contribution < 1.29 is 23.5 Å². The normalized spacial score (nSPS) is 17.2. The van der Waals surface area contributed by atoms with Crippen molar-refractivity contribution in [1.82, 2.24) is 4.90 Å². The van der Waals surface area contributed by atoms with Gasteiger partial charge in [0.1, 0.15) is 27.7 Å².